The van der Waals surface area contributed by atoms with Crippen LogP contribution in [-0.2, 0) is 9.78 Å². The van der Waals surface area contributed by atoms with E-state index in [4.69, 9.17) is 9.62 Å². The average Bonchev–Trinajstić information content (AvgIpc) is 2.34. The van der Waals surface area contributed by atoms with Crippen LogP contribution in [0, 0.1) is 0 Å². The van der Waals surface area contributed by atoms with Gasteiger partial charge in [-0.15, -0.1) is 0 Å². The molecule has 0 saturated carbocycles. The third-order valence-corrected chi connectivity index (χ3v) is 2.02. The Balaban J connectivity index is 1.90. The summed E-state index contributed by atoms with van der Waals surface area (Å²) in [4.78, 5) is 9.33. The SMILES string of the molecule is C=COOCCCCCOc1ccccc1. The molecule has 0 radical (unpaired) electrons. The number of ether oxygens (including phenoxy) is 1. The van der Waals surface area contributed by atoms with Gasteiger partial charge in [-0.25, -0.2) is 0 Å². The summed E-state index contributed by atoms with van der Waals surface area (Å²) in [6.45, 7) is 4.71. The highest BCUT2D eigenvalue weighted by atomic mass is 17.2. The van der Waals surface area contributed by atoms with Gasteiger partial charge in [-0.05, 0) is 31.4 Å². The highest BCUT2D eigenvalue weighted by Crippen LogP contribution is 2.09. The molecular weight excluding hydrogens is 204 g/mol. The van der Waals surface area contributed by atoms with Crippen LogP contribution >= 0.6 is 0 Å². The van der Waals surface area contributed by atoms with Crippen LogP contribution in [0.5, 0.6) is 5.75 Å². The Morgan fingerprint density at radius 1 is 1.00 bits per heavy atom. The summed E-state index contributed by atoms with van der Waals surface area (Å²) >= 11 is 0. The fraction of sp³-hybridized carbons (Fsp3) is 0.385. The largest absolute Gasteiger partial charge is 0.494 e. The summed E-state index contributed by atoms with van der Waals surface area (Å²) in [7, 11) is 0. The number of hydrogen-bond acceptors (Lipinski definition) is 3. The Hall–Kier alpha value is -1.48. The number of rotatable bonds is 9. The predicted octanol–water partition coefficient (Wildman–Crippen LogP) is 3.33. The van der Waals surface area contributed by atoms with Crippen molar-refractivity contribution in [3.05, 3.63) is 43.2 Å². The van der Waals surface area contributed by atoms with Gasteiger partial charge in [0.05, 0.1) is 13.2 Å². The molecule has 0 bridgehead atoms. The molecule has 0 aliphatic carbocycles. The first-order valence-corrected chi connectivity index (χ1v) is 5.50. The highest BCUT2D eigenvalue weighted by molar-refractivity contribution is 5.20. The van der Waals surface area contributed by atoms with Crippen LogP contribution in [0.2, 0.25) is 0 Å². The molecule has 88 valence electrons. The second kappa shape index (κ2) is 8.80. The lowest BCUT2D eigenvalue weighted by Gasteiger charge is -2.05. The van der Waals surface area contributed by atoms with Gasteiger partial charge in [-0.1, -0.05) is 24.8 Å². The van der Waals surface area contributed by atoms with Crippen LogP contribution < -0.4 is 4.74 Å². The first-order chi connectivity index (χ1) is 7.93. The van der Waals surface area contributed by atoms with E-state index in [1.54, 1.807) is 0 Å². The van der Waals surface area contributed by atoms with Crippen LogP contribution in [0.15, 0.2) is 43.2 Å². The molecule has 3 heteroatoms. The van der Waals surface area contributed by atoms with E-state index in [1.165, 1.54) is 6.26 Å². The van der Waals surface area contributed by atoms with Crippen molar-refractivity contribution < 1.29 is 14.5 Å². The Morgan fingerprint density at radius 3 is 2.50 bits per heavy atom. The van der Waals surface area contributed by atoms with Crippen molar-refractivity contribution >= 4 is 0 Å². The van der Waals surface area contributed by atoms with Crippen LogP contribution in [0.1, 0.15) is 19.3 Å². The minimum atomic E-state index is 0.595. The van der Waals surface area contributed by atoms with E-state index >= 15 is 0 Å². The van der Waals surface area contributed by atoms with Crippen molar-refractivity contribution in [3.63, 3.8) is 0 Å². The summed E-state index contributed by atoms with van der Waals surface area (Å²) in [5, 5.41) is 0. The predicted molar refractivity (Wildman–Crippen MR) is 63.0 cm³/mol. The Morgan fingerprint density at radius 2 is 1.75 bits per heavy atom. The Kier molecular flexibility index (Phi) is 6.92. The van der Waals surface area contributed by atoms with E-state index < -0.39 is 0 Å². The zero-order valence-electron chi connectivity index (χ0n) is 9.43. The molecule has 1 aromatic carbocycles. The Bertz CT molecular complexity index is 272. The van der Waals surface area contributed by atoms with Gasteiger partial charge in [0.1, 0.15) is 12.0 Å². The first-order valence-electron chi connectivity index (χ1n) is 5.50. The lowest BCUT2D eigenvalue weighted by molar-refractivity contribution is -0.248. The third kappa shape index (κ3) is 6.09. The summed E-state index contributed by atoms with van der Waals surface area (Å²) in [5.41, 5.74) is 0. The third-order valence-electron chi connectivity index (χ3n) is 2.02. The monoisotopic (exact) mass is 222 g/mol. The highest BCUT2D eigenvalue weighted by Gasteiger charge is 1.93. The van der Waals surface area contributed by atoms with E-state index in [9.17, 15) is 0 Å². The second-order valence-electron chi connectivity index (χ2n) is 3.31. The molecule has 3 nitrogen and oxygen atoms in total. The van der Waals surface area contributed by atoms with Gasteiger partial charge < -0.3 is 9.62 Å². The average molecular weight is 222 g/mol. The fourth-order valence-electron chi connectivity index (χ4n) is 1.24. The molecule has 0 saturated heterocycles. The molecule has 0 aliphatic heterocycles. The maximum Gasteiger partial charge on any atom is 0.122 e. The molecule has 1 aromatic rings. The summed E-state index contributed by atoms with van der Waals surface area (Å²) in [6, 6.07) is 9.83. The zero-order valence-corrected chi connectivity index (χ0v) is 9.43. The quantitative estimate of drug-likeness (QED) is 0.277. The topological polar surface area (TPSA) is 27.7 Å². The number of unbranched alkanes of at least 4 members (excludes halogenated alkanes) is 2. The zero-order chi connectivity index (χ0) is 11.5. The normalized spacial score (nSPS) is 9.75. The molecule has 16 heavy (non-hydrogen) atoms. The smallest absolute Gasteiger partial charge is 0.122 e. The minimum Gasteiger partial charge on any atom is -0.494 e. The van der Waals surface area contributed by atoms with Crippen molar-refractivity contribution in [3.8, 4) is 5.75 Å². The lowest BCUT2D eigenvalue weighted by atomic mass is 10.2. The van der Waals surface area contributed by atoms with Gasteiger partial charge in [0.15, 0.2) is 0 Å². The van der Waals surface area contributed by atoms with Crippen LogP contribution in [0.4, 0.5) is 0 Å². The molecule has 0 unspecified atom stereocenters. The van der Waals surface area contributed by atoms with Gasteiger partial charge >= 0.3 is 0 Å². The van der Waals surface area contributed by atoms with Crippen LogP contribution in [-0.4, -0.2) is 13.2 Å². The summed E-state index contributed by atoms with van der Waals surface area (Å²) in [5.74, 6) is 0.925. The van der Waals surface area contributed by atoms with E-state index in [2.05, 4.69) is 11.5 Å². The van der Waals surface area contributed by atoms with Gasteiger partial charge in [0.2, 0.25) is 0 Å². The summed E-state index contributed by atoms with van der Waals surface area (Å²) in [6.07, 6.45) is 4.32. The molecule has 0 aliphatic rings. The van der Waals surface area contributed by atoms with Gasteiger partial charge in [-0.3, -0.25) is 0 Å². The fourth-order valence-corrected chi connectivity index (χ4v) is 1.24. The van der Waals surface area contributed by atoms with Crippen molar-refractivity contribution in [2.75, 3.05) is 13.2 Å². The van der Waals surface area contributed by atoms with Crippen molar-refractivity contribution in [2.24, 2.45) is 0 Å². The van der Waals surface area contributed by atoms with Crippen molar-refractivity contribution in [2.45, 2.75) is 19.3 Å². The Labute approximate surface area is 96.6 Å². The molecule has 0 atom stereocenters. The number of benzene rings is 1. The summed E-state index contributed by atoms with van der Waals surface area (Å²) < 4.78 is 5.55. The first kappa shape index (κ1) is 12.6. The number of para-hydroxylation sites is 1. The molecule has 0 aromatic heterocycles. The maximum absolute atomic E-state index is 5.55. The van der Waals surface area contributed by atoms with Gasteiger partial charge in [0.25, 0.3) is 0 Å². The van der Waals surface area contributed by atoms with E-state index in [1.807, 2.05) is 30.3 Å². The van der Waals surface area contributed by atoms with E-state index in [0.29, 0.717) is 6.61 Å². The maximum atomic E-state index is 5.55. The van der Waals surface area contributed by atoms with Crippen LogP contribution in [0.25, 0.3) is 0 Å². The van der Waals surface area contributed by atoms with E-state index in [0.717, 1.165) is 31.6 Å². The molecule has 0 N–H and O–H groups in total. The standard InChI is InChI=1S/C13H18O3/c1-2-15-16-12-8-4-7-11-14-13-9-5-3-6-10-13/h2-3,5-6,9-10H,1,4,7-8,11-12H2. The molecule has 0 fully saturated rings. The lowest BCUT2D eigenvalue weighted by Crippen LogP contribution is -1.98. The van der Waals surface area contributed by atoms with Gasteiger partial charge in [0, 0.05) is 0 Å². The van der Waals surface area contributed by atoms with Crippen LogP contribution in [0.3, 0.4) is 0 Å². The molecule has 0 amide bonds. The number of hydrogen-bond donors (Lipinski definition) is 0. The van der Waals surface area contributed by atoms with Gasteiger partial charge in [-0.2, -0.15) is 4.89 Å². The molecule has 0 spiro atoms. The van der Waals surface area contributed by atoms with Crippen molar-refractivity contribution in [1.82, 2.24) is 0 Å². The second-order valence-corrected chi connectivity index (χ2v) is 3.31. The molecule has 1 rings (SSSR count). The van der Waals surface area contributed by atoms with Crippen molar-refractivity contribution in [1.29, 1.82) is 0 Å². The minimum absolute atomic E-state index is 0.595. The van der Waals surface area contributed by atoms with E-state index in [-0.39, 0.29) is 0 Å². The molecule has 0 heterocycles. The molecular formula is C13H18O3.